The van der Waals surface area contributed by atoms with Crippen LogP contribution in [0.25, 0.3) is 0 Å². The van der Waals surface area contributed by atoms with Crippen LogP contribution in [0.1, 0.15) is 12.5 Å². The highest BCUT2D eigenvalue weighted by Crippen LogP contribution is 2.05. The second-order valence-electron chi connectivity index (χ2n) is 6.59. The Labute approximate surface area is 164 Å². The van der Waals surface area contributed by atoms with E-state index in [1.807, 2.05) is 20.2 Å². The van der Waals surface area contributed by atoms with Gasteiger partial charge in [0, 0.05) is 52.9 Å². The lowest BCUT2D eigenvalue weighted by atomic mass is 10.2. The zero-order chi connectivity index (χ0) is 16.7. The Morgan fingerprint density at radius 2 is 1.79 bits per heavy atom. The van der Waals surface area contributed by atoms with Gasteiger partial charge in [-0.2, -0.15) is 0 Å². The van der Waals surface area contributed by atoms with Crippen molar-refractivity contribution in [1.29, 1.82) is 0 Å². The maximum Gasteiger partial charge on any atom is 0.193 e. The molecule has 136 valence electrons. The number of piperazine rings is 1. The first-order valence-corrected chi connectivity index (χ1v) is 8.48. The smallest absolute Gasteiger partial charge is 0.193 e. The molecule has 0 aromatic heterocycles. The van der Waals surface area contributed by atoms with Gasteiger partial charge < -0.3 is 15.1 Å². The summed E-state index contributed by atoms with van der Waals surface area (Å²) in [4.78, 5) is 11.7. The molecular weight excluding hydrogens is 413 g/mol. The maximum atomic E-state index is 4.73. The molecule has 0 saturated carbocycles. The summed E-state index contributed by atoms with van der Waals surface area (Å²) in [5.41, 5.74) is 1.24. The van der Waals surface area contributed by atoms with Crippen LogP contribution in [-0.4, -0.2) is 80.6 Å². The van der Waals surface area contributed by atoms with Crippen LogP contribution in [0.15, 0.2) is 35.3 Å². The molecule has 1 unspecified atom stereocenters. The maximum absolute atomic E-state index is 4.73. The highest BCUT2D eigenvalue weighted by atomic mass is 127. The summed E-state index contributed by atoms with van der Waals surface area (Å²) in [5, 5.41) is 3.52. The van der Waals surface area contributed by atoms with E-state index in [0.717, 1.165) is 38.7 Å². The molecule has 1 N–H and O–H groups in total. The summed E-state index contributed by atoms with van der Waals surface area (Å²) < 4.78 is 0. The molecule has 0 aliphatic carbocycles. The normalized spacial score (nSPS) is 17.9. The lowest BCUT2D eigenvalue weighted by Gasteiger charge is -2.36. The summed E-state index contributed by atoms with van der Waals surface area (Å²) >= 11 is 0. The van der Waals surface area contributed by atoms with Crippen LogP contribution in [0.3, 0.4) is 0 Å². The molecule has 1 saturated heterocycles. The van der Waals surface area contributed by atoms with Gasteiger partial charge in [0.25, 0.3) is 0 Å². The van der Waals surface area contributed by atoms with Gasteiger partial charge in [-0.05, 0) is 19.5 Å². The molecule has 1 aliphatic heterocycles. The molecule has 1 heterocycles. The van der Waals surface area contributed by atoms with Gasteiger partial charge >= 0.3 is 0 Å². The van der Waals surface area contributed by atoms with Crippen LogP contribution >= 0.6 is 24.0 Å². The topological polar surface area (TPSA) is 34.1 Å². The molecule has 6 heteroatoms. The van der Waals surface area contributed by atoms with Crippen molar-refractivity contribution >= 4 is 29.9 Å². The molecular formula is C18H32IN5. The van der Waals surface area contributed by atoms with E-state index in [-0.39, 0.29) is 24.0 Å². The van der Waals surface area contributed by atoms with E-state index in [9.17, 15) is 0 Å². The van der Waals surface area contributed by atoms with Gasteiger partial charge in [-0.15, -0.1) is 24.0 Å². The highest BCUT2D eigenvalue weighted by Gasteiger charge is 2.19. The quantitative estimate of drug-likeness (QED) is 0.427. The van der Waals surface area contributed by atoms with Gasteiger partial charge in [-0.25, -0.2) is 4.99 Å². The summed E-state index contributed by atoms with van der Waals surface area (Å²) in [6, 6.07) is 10.9. The van der Waals surface area contributed by atoms with Crippen molar-refractivity contribution in [3.63, 3.8) is 0 Å². The summed E-state index contributed by atoms with van der Waals surface area (Å²) in [5.74, 6) is 0.954. The molecule has 0 spiro atoms. The van der Waals surface area contributed by atoms with Gasteiger partial charge in [0.2, 0.25) is 0 Å². The minimum absolute atomic E-state index is 0. The van der Waals surface area contributed by atoms with Gasteiger partial charge in [0.15, 0.2) is 5.96 Å². The van der Waals surface area contributed by atoms with E-state index in [1.54, 1.807) is 0 Å². The third-order valence-electron chi connectivity index (χ3n) is 4.39. The van der Waals surface area contributed by atoms with Crippen LogP contribution in [0.2, 0.25) is 0 Å². The number of hydrogen-bond donors (Lipinski definition) is 1. The molecule has 0 bridgehead atoms. The standard InChI is InChI=1S/C18H31N5.HI/c1-16(23-12-10-22(4)11-13-23)14-19-18(21(2)3)20-15-17-8-6-5-7-9-17;/h5-9,16H,10-15H2,1-4H3,(H,19,20);1H. The second-order valence-corrected chi connectivity index (χ2v) is 6.59. The van der Waals surface area contributed by atoms with E-state index < -0.39 is 0 Å². The molecule has 0 radical (unpaired) electrons. The second kappa shape index (κ2) is 10.9. The minimum Gasteiger partial charge on any atom is -0.355 e. The number of likely N-dealkylation sites (N-methyl/N-ethyl adjacent to an activating group) is 1. The zero-order valence-electron chi connectivity index (χ0n) is 15.4. The molecule has 0 amide bonds. The minimum atomic E-state index is 0. The van der Waals surface area contributed by atoms with Crippen molar-refractivity contribution in [2.45, 2.75) is 19.5 Å². The first kappa shape index (κ1) is 21.2. The van der Waals surface area contributed by atoms with Crippen molar-refractivity contribution in [2.24, 2.45) is 4.99 Å². The van der Waals surface area contributed by atoms with Gasteiger partial charge in [0.05, 0.1) is 6.54 Å². The van der Waals surface area contributed by atoms with Crippen LogP contribution in [0.5, 0.6) is 0 Å². The Kier molecular flexibility index (Phi) is 9.61. The van der Waals surface area contributed by atoms with E-state index in [0.29, 0.717) is 12.6 Å². The van der Waals surface area contributed by atoms with Gasteiger partial charge in [0.1, 0.15) is 0 Å². The fraction of sp³-hybridized carbons (Fsp3) is 0.611. The Morgan fingerprint density at radius 3 is 2.38 bits per heavy atom. The SMILES string of the molecule is CC(CNC(=NCc1ccccc1)N(C)C)N1CCN(C)CC1.I. The molecule has 5 nitrogen and oxygen atoms in total. The Balaban J connectivity index is 0.00000288. The number of aliphatic imine (C=N–C) groups is 1. The summed E-state index contributed by atoms with van der Waals surface area (Å²) in [6.45, 7) is 8.55. The monoisotopic (exact) mass is 445 g/mol. The van der Waals surface area contributed by atoms with Crippen LogP contribution in [0, 0.1) is 0 Å². The van der Waals surface area contributed by atoms with E-state index in [2.05, 4.69) is 58.3 Å². The fourth-order valence-corrected chi connectivity index (χ4v) is 2.74. The molecule has 1 fully saturated rings. The third kappa shape index (κ3) is 6.94. The number of benzene rings is 1. The van der Waals surface area contributed by atoms with Crippen LogP contribution in [-0.2, 0) is 6.54 Å². The van der Waals surface area contributed by atoms with Crippen LogP contribution in [0.4, 0.5) is 0 Å². The van der Waals surface area contributed by atoms with Crippen molar-refractivity contribution in [2.75, 3.05) is 53.9 Å². The molecule has 1 atom stereocenters. The largest absolute Gasteiger partial charge is 0.355 e. The van der Waals surface area contributed by atoms with Gasteiger partial charge in [-0.3, -0.25) is 4.90 Å². The number of nitrogens with zero attached hydrogens (tertiary/aromatic N) is 4. The average Bonchev–Trinajstić information content (AvgIpc) is 2.56. The molecule has 24 heavy (non-hydrogen) atoms. The van der Waals surface area contributed by atoms with E-state index >= 15 is 0 Å². The zero-order valence-corrected chi connectivity index (χ0v) is 17.7. The van der Waals surface area contributed by atoms with Gasteiger partial charge in [-0.1, -0.05) is 30.3 Å². The molecule has 1 aliphatic rings. The number of guanidine groups is 1. The van der Waals surface area contributed by atoms with Crippen molar-refractivity contribution < 1.29 is 0 Å². The van der Waals surface area contributed by atoms with Crippen molar-refractivity contribution in [3.05, 3.63) is 35.9 Å². The Morgan fingerprint density at radius 1 is 1.17 bits per heavy atom. The number of rotatable bonds is 5. The lowest BCUT2D eigenvalue weighted by molar-refractivity contribution is 0.119. The third-order valence-corrected chi connectivity index (χ3v) is 4.39. The predicted molar refractivity (Wildman–Crippen MR) is 113 cm³/mol. The molecule has 1 aromatic rings. The van der Waals surface area contributed by atoms with Crippen molar-refractivity contribution in [1.82, 2.24) is 20.0 Å². The van der Waals surface area contributed by atoms with E-state index in [1.165, 1.54) is 5.56 Å². The lowest BCUT2D eigenvalue weighted by Crippen LogP contribution is -2.52. The first-order chi connectivity index (χ1) is 11.1. The van der Waals surface area contributed by atoms with E-state index in [4.69, 9.17) is 4.99 Å². The predicted octanol–water partition coefficient (Wildman–Crippen LogP) is 1.95. The fourth-order valence-electron chi connectivity index (χ4n) is 2.74. The first-order valence-electron chi connectivity index (χ1n) is 8.48. The molecule has 2 rings (SSSR count). The average molecular weight is 445 g/mol. The van der Waals surface area contributed by atoms with Crippen LogP contribution < -0.4 is 5.32 Å². The van der Waals surface area contributed by atoms with Crippen molar-refractivity contribution in [3.8, 4) is 0 Å². The molecule has 1 aromatic carbocycles. The number of nitrogens with one attached hydrogen (secondary N) is 1. The number of hydrogen-bond acceptors (Lipinski definition) is 3. The Hall–Kier alpha value is -0.860. The number of halogens is 1. The summed E-state index contributed by atoms with van der Waals surface area (Å²) in [7, 11) is 6.27. The Bertz CT molecular complexity index is 483. The highest BCUT2D eigenvalue weighted by molar-refractivity contribution is 14.0. The summed E-state index contributed by atoms with van der Waals surface area (Å²) in [6.07, 6.45) is 0.